The Morgan fingerprint density at radius 2 is 1.94 bits per heavy atom. The number of carboxylic acid groups (broad SMARTS) is 2. The standard InChI is InChI=1S/C12H9FO4/c13-10-5-4-8(2-1-3-11(14)15)6-9(10)7-12(16)17/h4-6H,3,7H2,(H,14,15)(H,16,17). The fourth-order valence-corrected chi connectivity index (χ4v) is 1.17. The quantitative estimate of drug-likeness (QED) is 0.775. The summed E-state index contributed by atoms with van der Waals surface area (Å²) in [5.41, 5.74) is 0.420. The van der Waals surface area contributed by atoms with E-state index in [2.05, 4.69) is 11.8 Å². The van der Waals surface area contributed by atoms with Gasteiger partial charge in [0.1, 0.15) is 12.2 Å². The van der Waals surface area contributed by atoms with Crippen molar-refractivity contribution in [3.8, 4) is 11.8 Å². The zero-order chi connectivity index (χ0) is 12.8. The van der Waals surface area contributed by atoms with Gasteiger partial charge in [0.15, 0.2) is 0 Å². The molecular formula is C12H9FO4. The molecule has 0 fully saturated rings. The van der Waals surface area contributed by atoms with Gasteiger partial charge in [0.05, 0.1) is 6.42 Å². The highest BCUT2D eigenvalue weighted by molar-refractivity contribution is 5.71. The van der Waals surface area contributed by atoms with E-state index < -0.39 is 24.2 Å². The highest BCUT2D eigenvalue weighted by Gasteiger charge is 2.07. The van der Waals surface area contributed by atoms with Crippen LogP contribution in [-0.2, 0) is 16.0 Å². The molecule has 0 aliphatic carbocycles. The van der Waals surface area contributed by atoms with Crippen molar-refractivity contribution in [3.05, 3.63) is 35.1 Å². The van der Waals surface area contributed by atoms with Gasteiger partial charge < -0.3 is 10.2 Å². The van der Waals surface area contributed by atoms with Crippen LogP contribution in [0.2, 0.25) is 0 Å². The molecule has 0 spiro atoms. The molecule has 0 aliphatic rings. The lowest BCUT2D eigenvalue weighted by atomic mass is 10.1. The Bertz CT molecular complexity index is 511. The molecule has 0 saturated carbocycles. The maximum absolute atomic E-state index is 13.2. The second-order valence-electron chi connectivity index (χ2n) is 3.25. The van der Waals surface area contributed by atoms with E-state index in [1.165, 1.54) is 12.1 Å². The van der Waals surface area contributed by atoms with Gasteiger partial charge >= 0.3 is 11.9 Å². The molecule has 0 atom stereocenters. The minimum atomic E-state index is -1.14. The van der Waals surface area contributed by atoms with Crippen LogP contribution in [0.3, 0.4) is 0 Å². The zero-order valence-electron chi connectivity index (χ0n) is 8.74. The Morgan fingerprint density at radius 3 is 2.53 bits per heavy atom. The van der Waals surface area contributed by atoms with E-state index in [0.717, 1.165) is 6.07 Å². The number of carbonyl (C=O) groups is 2. The third-order valence-corrected chi connectivity index (χ3v) is 1.86. The molecule has 1 rings (SSSR count). The van der Waals surface area contributed by atoms with Crippen molar-refractivity contribution in [1.82, 2.24) is 0 Å². The summed E-state index contributed by atoms with van der Waals surface area (Å²) < 4.78 is 13.2. The Hall–Kier alpha value is -2.35. The van der Waals surface area contributed by atoms with Crippen LogP contribution in [0.25, 0.3) is 0 Å². The van der Waals surface area contributed by atoms with Crippen molar-refractivity contribution in [2.45, 2.75) is 12.8 Å². The molecule has 0 saturated heterocycles. The topological polar surface area (TPSA) is 74.6 Å². The van der Waals surface area contributed by atoms with Crippen LogP contribution in [0.15, 0.2) is 18.2 Å². The molecule has 4 nitrogen and oxygen atoms in total. The van der Waals surface area contributed by atoms with Crippen LogP contribution in [-0.4, -0.2) is 22.2 Å². The van der Waals surface area contributed by atoms with Crippen LogP contribution in [0.5, 0.6) is 0 Å². The third kappa shape index (κ3) is 4.34. The molecular weight excluding hydrogens is 227 g/mol. The number of aliphatic carboxylic acids is 2. The molecule has 88 valence electrons. The Balaban J connectivity index is 2.90. The molecule has 5 heteroatoms. The molecule has 0 unspecified atom stereocenters. The van der Waals surface area contributed by atoms with E-state index in [0.29, 0.717) is 5.56 Å². The molecule has 0 bridgehead atoms. The van der Waals surface area contributed by atoms with E-state index >= 15 is 0 Å². The first-order valence-corrected chi connectivity index (χ1v) is 4.70. The molecule has 1 aromatic carbocycles. The normalized spacial score (nSPS) is 9.24. The predicted molar refractivity (Wildman–Crippen MR) is 56.9 cm³/mol. The average molecular weight is 236 g/mol. The molecule has 2 N–H and O–H groups in total. The van der Waals surface area contributed by atoms with Gasteiger partial charge in [0.2, 0.25) is 0 Å². The fraction of sp³-hybridized carbons (Fsp3) is 0.167. The number of benzene rings is 1. The highest BCUT2D eigenvalue weighted by atomic mass is 19.1. The van der Waals surface area contributed by atoms with E-state index in [-0.39, 0.29) is 12.0 Å². The average Bonchev–Trinajstić information content (AvgIpc) is 2.21. The number of hydrogen-bond donors (Lipinski definition) is 2. The van der Waals surface area contributed by atoms with E-state index in [1.54, 1.807) is 0 Å². The first-order valence-electron chi connectivity index (χ1n) is 4.70. The van der Waals surface area contributed by atoms with Gasteiger partial charge in [-0.05, 0) is 18.2 Å². The zero-order valence-corrected chi connectivity index (χ0v) is 8.74. The van der Waals surface area contributed by atoms with Crippen molar-refractivity contribution >= 4 is 11.9 Å². The number of hydrogen-bond acceptors (Lipinski definition) is 2. The minimum absolute atomic E-state index is 0.0274. The molecule has 17 heavy (non-hydrogen) atoms. The SMILES string of the molecule is O=C(O)CC#Cc1ccc(F)c(CC(=O)O)c1. The summed E-state index contributed by atoms with van der Waals surface area (Å²) >= 11 is 0. The van der Waals surface area contributed by atoms with Gasteiger partial charge in [0.25, 0.3) is 0 Å². The first-order chi connectivity index (χ1) is 7.99. The summed E-state index contributed by atoms with van der Waals surface area (Å²) in [6, 6.07) is 3.79. The molecule has 0 amide bonds. The smallest absolute Gasteiger partial charge is 0.315 e. The largest absolute Gasteiger partial charge is 0.481 e. The maximum Gasteiger partial charge on any atom is 0.315 e. The Labute approximate surface area is 96.7 Å². The van der Waals surface area contributed by atoms with Crippen molar-refractivity contribution in [1.29, 1.82) is 0 Å². The second kappa shape index (κ2) is 5.66. The molecule has 0 aromatic heterocycles. The predicted octanol–water partition coefficient (Wildman–Crippen LogP) is 1.28. The van der Waals surface area contributed by atoms with Gasteiger partial charge in [-0.1, -0.05) is 11.8 Å². The number of rotatable bonds is 3. The monoisotopic (exact) mass is 236 g/mol. The number of carboxylic acids is 2. The Morgan fingerprint density at radius 1 is 1.24 bits per heavy atom. The molecule has 1 aromatic rings. The van der Waals surface area contributed by atoms with Crippen molar-refractivity contribution in [3.63, 3.8) is 0 Å². The van der Waals surface area contributed by atoms with Gasteiger partial charge in [-0.15, -0.1) is 0 Å². The molecule has 0 aliphatic heterocycles. The van der Waals surface area contributed by atoms with Crippen LogP contribution >= 0.6 is 0 Å². The summed E-state index contributed by atoms with van der Waals surface area (Å²) in [4.78, 5) is 20.7. The fourth-order valence-electron chi connectivity index (χ4n) is 1.17. The summed E-state index contributed by atoms with van der Waals surface area (Å²) in [6.45, 7) is 0. The Kier molecular flexibility index (Phi) is 4.23. The summed E-state index contributed by atoms with van der Waals surface area (Å²) in [5.74, 6) is 2.10. The van der Waals surface area contributed by atoms with Gasteiger partial charge in [0, 0.05) is 11.1 Å². The molecule has 0 heterocycles. The maximum atomic E-state index is 13.2. The van der Waals surface area contributed by atoms with Crippen molar-refractivity contribution in [2.24, 2.45) is 0 Å². The van der Waals surface area contributed by atoms with Crippen LogP contribution in [0.4, 0.5) is 4.39 Å². The lowest BCUT2D eigenvalue weighted by Gasteiger charge is -2.00. The van der Waals surface area contributed by atoms with Crippen LogP contribution in [0.1, 0.15) is 17.5 Å². The minimum Gasteiger partial charge on any atom is -0.481 e. The van der Waals surface area contributed by atoms with E-state index in [1.807, 2.05) is 0 Å². The lowest BCUT2D eigenvalue weighted by molar-refractivity contribution is -0.137. The van der Waals surface area contributed by atoms with Crippen molar-refractivity contribution in [2.75, 3.05) is 0 Å². The van der Waals surface area contributed by atoms with Gasteiger partial charge in [-0.25, -0.2) is 4.39 Å². The number of halogens is 1. The van der Waals surface area contributed by atoms with E-state index in [4.69, 9.17) is 10.2 Å². The van der Waals surface area contributed by atoms with Crippen molar-refractivity contribution < 1.29 is 24.2 Å². The third-order valence-electron chi connectivity index (χ3n) is 1.86. The van der Waals surface area contributed by atoms with Gasteiger partial charge in [-0.3, -0.25) is 9.59 Å². The summed E-state index contributed by atoms with van der Waals surface area (Å²) in [7, 11) is 0. The van der Waals surface area contributed by atoms with E-state index in [9.17, 15) is 14.0 Å². The summed E-state index contributed by atoms with van der Waals surface area (Å²) in [5, 5.41) is 16.9. The van der Waals surface area contributed by atoms with Crippen LogP contribution < -0.4 is 0 Å². The van der Waals surface area contributed by atoms with Gasteiger partial charge in [-0.2, -0.15) is 0 Å². The highest BCUT2D eigenvalue weighted by Crippen LogP contribution is 2.10. The first kappa shape index (κ1) is 12.7. The lowest BCUT2D eigenvalue weighted by Crippen LogP contribution is -2.02. The second-order valence-corrected chi connectivity index (χ2v) is 3.25. The molecule has 0 radical (unpaired) electrons. The van der Waals surface area contributed by atoms with Crippen LogP contribution in [0, 0.1) is 17.7 Å². The summed E-state index contributed by atoms with van der Waals surface area (Å²) in [6.07, 6.45) is -0.744.